The van der Waals surface area contributed by atoms with Crippen LogP contribution in [-0.2, 0) is 13.5 Å². The van der Waals surface area contributed by atoms with Crippen LogP contribution >= 0.6 is 0 Å². The van der Waals surface area contributed by atoms with E-state index in [-0.39, 0.29) is 0 Å². The second-order valence-corrected chi connectivity index (χ2v) is 3.53. The average Bonchev–Trinajstić information content (AvgIpc) is 2.58. The van der Waals surface area contributed by atoms with Gasteiger partial charge in [-0.1, -0.05) is 12.1 Å². The van der Waals surface area contributed by atoms with E-state index in [0.29, 0.717) is 0 Å². The topological polar surface area (TPSA) is 43.8 Å². The Morgan fingerprint density at radius 2 is 2.29 bits per heavy atom. The molecule has 3 nitrogen and oxygen atoms in total. The number of benzene rings is 1. The van der Waals surface area contributed by atoms with Crippen molar-refractivity contribution in [3.8, 4) is 0 Å². The third-order valence-electron chi connectivity index (χ3n) is 2.49. The minimum absolute atomic E-state index is 0.739. The van der Waals surface area contributed by atoms with Gasteiger partial charge in [-0.3, -0.25) is 0 Å². The van der Waals surface area contributed by atoms with Crippen LogP contribution in [0.15, 0.2) is 24.5 Å². The van der Waals surface area contributed by atoms with Gasteiger partial charge in [0, 0.05) is 7.05 Å². The minimum Gasteiger partial charge on any atom is -0.334 e. The molecule has 74 valence electrons. The summed E-state index contributed by atoms with van der Waals surface area (Å²) < 4.78 is 2.04. The van der Waals surface area contributed by atoms with E-state index in [1.165, 1.54) is 11.1 Å². The van der Waals surface area contributed by atoms with Crippen LogP contribution in [0.25, 0.3) is 11.0 Å². The van der Waals surface area contributed by atoms with Crippen LogP contribution in [0.1, 0.15) is 12.0 Å². The van der Waals surface area contributed by atoms with E-state index in [4.69, 9.17) is 5.73 Å². The lowest BCUT2D eigenvalue weighted by molar-refractivity contribution is 0.836. The summed E-state index contributed by atoms with van der Waals surface area (Å²) in [5.41, 5.74) is 9.11. The molecule has 0 fully saturated rings. The van der Waals surface area contributed by atoms with E-state index >= 15 is 0 Å². The fraction of sp³-hybridized carbons (Fsp3) is 0.364. The van der Waals surface area contributed by atoms with Gasteiger partial charge in [-0.05, 0) is 31.0 Å². The van der Waals surface area contributed by atoms with E-state index in [2.05, 4.69) is 23.2 Å². The van der Waals surface area contributed by atoms with Crippen LogP contribution in [0.3, 0.4) is 0 Å². The first-order valence-corrected chi connectivity index (χ1v) is 4.92. The number of para-hydroxylation sites is 1. The van der Waals surface area contributed by atoms with Crippen molar-refractivity contribution in [2.75, 3.05) is 6.54 Å². The number of aromatic nitrogens is 2. The quantitative estimate of drug-likeness (QED) is 0.794. The van der Waals surface area contributed by atoms with Gasteiger partial charge in [0.05, 0.1) is 17.4 Å². The Morgan fingerprint density at radius 3 is 3.07 bits per heavy atom. The molecule has 0 aliphatic heterocycles. The lowest BCUT2D eigenvalue weighted by Crippen LogP contribution is -2.00. The number of aryl methyl sites for hydroxylation is 2. The fourth-order valence-electron chi connectivity index (χ4n) is 1.71. The molecule has 0 atom stereocenters. The number of imidazole rings is 1. The largest absolute Gasteiger partial charge is 0.334 e. The molecular weight excluding hydrogens is 174 g/mol. The molecule has 1 heterocycles. The first-order chi connectivity index (χ1) is 6.83. The molecule has 0 aliphatic carbocycles. The molecular formula is C11H15N3. The predicted octanol–water partition coefficient (Wildman–Crippen LogP) is 1.46. The molecule has 0 amide bonds. The SMILES string of the molecule is Cn1cnc2c(CCCN)cccc21. The zero-order valence-electron chi connectivity index (χ0n) is 8.40. The summed E-state index contributed by atoms with van der Waals surface area (Å²) in [6.45, 7) is 0.739. The molecule has 2 N–H and O–H groups in total. The first-order valence-electron chi connectivity index (χ1n) is 4.92. The van der Waals surface area contributed by atoms with Gasteiger partial charge in [0.1, 0.15) is 0 Å². The van der Waals surface area contributed by atoms with Gasteiger partial charge in [0.2, 0.25) is 0 Å². The van der Waals surface area contributed by atoms with Crippen molar-refractivity contribution >= 4 is 11.0 Å². The highest BCUT2D eigenvalue weighted by Crippen LogP contribution is 2.17. The second kappa shape index (κ2) is 3.80. The third kappa shape index (κ3) is 1.51. The predicted molar refractivity (Wildman–Crippen MR) is 58.1 cm³/mol. The summed E-state index contributed by atoms with van der Waals surface area (Å²) in [4.78, 5) is 4.39. The summed E-state index contributed by atoms with van der Waals surface area (Å²) in [7, 11) is 2.02. The Hall–Kier alpha value is -1.35. The molecule has 1 aromatic heterocycles. The molecule has 0 bridgehead atoms. The van der Waals surface area contributed by atoms with Gasteiger partial charge in [0.25, 0.3) is 0 Å². The summed E-state index contributed by atoms with van der Waals surface area (Å²) in [5.74, 6) is 0. The highest BCUT2D eigenvalue weighted by Gasteiger charge is 2.03. The van der Waals surface area contributed by atoms with Gasteiger partial charge in [-0.25, -0.2) is 4.98 Å². The lowest BCUT2D eigenvalue weighted by Gasteiger charge is -2.01. The molecule has 2 rings (SSSR count). The molecule has 0 spiro atoms. The fourth-order valence-corrected chi connectivity index (χ4v) is 1.71. The zero-order valence-corrected chi connectivity index (χ0v) is 8.40. The van der Waals surface area contributed by atoms with E-state index in [0.717, 1.165) is 24.9 Å². The number of nitrogens with zero attached hydrogens (tertiary/aromatic N) is 2. The number of hydrogen-bond donors (Lipinski definition) is 1. The van der Waals surface area contributed by atoms with Gasteiger partial charge in [-0.2, -0.15) is 0 Å². The summed E-state index contributed by atoms with van der Waals surface area (Å²) in [6, 6.07) is 6.30. The first kappa shape index (κ1) is 9.21. The molecule has 0 radical (unpaired) electrons. The summed E-state index contributed by atoms with van der Waals surface area (Å²) in [5, 5.41) is 0. The van der Waals surface area contributed by atoms with Crippen LogP contribution in [0.5, 0.6) is 0 Å². The van der Waals surface area contributed by atoms with Crippen molar-refractivity contribution < 1.29 is 0 Å². The third-order valence-corrected chi connectivity index (χ3v) is 2.49. The van der Waals surface area contributed by atoms with Crippen LogP contribution in [0.4, 0.5) is 0 Å². The molecule has 2 aromatic rings. The maximum Gasteiger partial charge on any atom is 0.0955 e. The molecule has 1 aromatic carbocycles. The number of nitrogens with two attached hydrogens (primary N) is 1. The lowest BCUT2D eigenvalue weighted by atomic mass is 10.1. The van der Waals surface area contributed by atoms with E-state index < -0.39 is 0 Å². The normalized spacial score (nSPS) is 11.0. The minimum atomic E-state index is 0.739. The average molecular weight is 189 g/mol. The molecule has 0 unspecified atom stereocenters. The molecule has 0 aliphatic rings. The Labute approximate surface area is 83.6 Å². The molecule has 14 heavy (non-hydrogen) atoms. The zero-order chi connectivity index (χ0) is 9.97. The van der Waals surface area contributed by atoms with Crippen molar-refractivity contribution in [3.63, 3.8) is 0 Å². The monoisotopic (exact) mass is 189 g/mol. The van der Waals surface area contributed by atoms with Crippen molar-refractivity contribution in [2.24, 2.45) is 12.8 Å². The van der Waals surface area contributed by atoms with Crippen molar-refractivity contribution in [1.82, 2.24) is 9.55 Å². The maximum atomic E-state index is 5.50. The van der Waals surface area contributed by atoms with E-state index in [9.17, 15) is 0 Å². The highest BCUT2D eigenvalue weighted by molar-refractivity contribution is 5.78. The van der Waals surface area contributed by atoms with Crippen LogP contribution in [-0.4, -0.2) is 16.1 Å². The molecule has 3 heteroatoms. The van der Waals surface area contributed by atoms with Gasteiger partial charge < -0.3 is 10.3 Å². The van der Waals surface area contributed by atoms with Crippen LogP contribution < -0.4 is 5.73 Å². The van der Waals surface area contributed by atoms with Gasteiger partial charge in [0.15, 0.2) is 0 Å². The maximum absolute atomic E-state index is 5.50. The number of rotatable bonds is 3. The van der Waals surface area contributed by atoms with E-state index in [1.54, 1.807) is 0 Å². The van der Waals surface area contributed by atoms with Crippen LogP contribution in [0, 0.1) is 0 Å². The van der Waals surface area contributed by atoms with Crippen molar-refractivity contribution in [1.29, 1.82) is 0 Å². The smallest absolute Gasteiger partial charge is 0.0955 e. The van der Waals surface area contributed by atoms with E-state index in [1.807, 2.05) is 17.9 Å². The summed E-state index contributed by atoms with van der Waals surface area (Å²) in [6.07, 6.45) is 3.90. The van der Waals surface area contributed by atoms with Crippen molar-refractivity contribution in [3.05, 3.63) is 30.1 Å². The Morgan fingerprint density at radius 1 is 1.43 bits per heavy atom. The Kier molecular flexibility index (Phi) is 2.50. The number of hydrogen-bond acceptors (Lipinski definition) is 2. The highest BCUT2D eigenvalue weighted by atomic mass is 15.0. The standard InChI is InChI=1S/C11H15N3/c1-14-8-13-11-9(5-3-7-12)4-2-6-10(11)14/h2,4,6,8H,3,5,7,12H2,1H3. The Bertz CT molecular complexity index is 431. The van der Waals surface area contributed by atoms with Gasteiger partial charge >= 0.3 is 0 Å². The van der Waals surface area contributed by atoms with Crippen LogP contribution in [0.2, 0.25) is 0 Å². The van der Waals surface area contributed by atoms with Crippen molar-refractivity contribution in [2.45, 2.75) is 12.8 Å². The molecule has 0 saturated heterocycles. The number of fused-ring (bicyclic) bond motifs is 1. The summed E-state index contributed by atoms with van der Waals surface area (Å²) >= 11 is 0. The van der Waals surface area contributed by atoms with Gasteiger partial charge in [-0.15, -0.1) is 0 Å². The Balaban J connectivity index is 2.44. The molecule has 0 saturated carbocycles. The second-order valence-electron chi connectivity index (χ2n) is 3.53.